The van der Waals surface area contributed by atoms with Gasteiger partial charge in [-0.25, -0.2) is 0 Å². The molecular formula is C16H18Cl2N2O3. The van der Waals surface area contributed by atoms with E-state index in [2.05, 4.69) is 10.5 Å². The van der Waals surface area contributed by atoms with Gasteiger partial charge in [0.25, 0.3) is 0 Å². The summed E-state index contributed by atoms with van der Waals surface area (Å²) in [5.74, 6) is 1.74. The van der Waals surface area contributed by atoms with E-state index in [4.69, 9.17) is 20.8 Å². The first-order chi connectivity index (χ1) is 10.2. The van der Waals surface area contributed by atoms with E-state index >= 15 is 0 Å². The Morgan fingerprint density at radius 1 is 1.35 bits per heavy atom. The lowest BCUT2D eigenvalue weighted by atomic mass is 10.1. The number of hydrogen-bond acceptors (Lipinski definition) is 4. The van der Waals surface area contributed by atoms with Crippen LogP contribution in [0.2, 0.25) is 5.02 Å². The van der Waals surface area contributed by atoms with Gasteiger partial charge < -0.3 is 20.1 Å². The summed E-state index contributed by atoms with van der Waals surface area (Å²) < 4.78 is 10.9. The van der Waals surface area contributed by atoms with Crippen molar-refractivity contribution in [3.05, 3.63) is 58.0 Å². The first kappa shape index (κ1) is 19.1. The zero-order valence-electron chi connectivity index (χ0n) is 12.5. The molecule has 1 aliphatic rings. The van der Waals surface area contributed by atoms with Crippen LogP contribution in [0.3, 0.4) is 0 Å². The molecule has 0 aliphatic carbocycles. The second kappa shape index (κ2) is 8.62. The van der Waals surface area contributed by atoms with Gasteiger partial charge >= 0.3 is 0 Å². The predicted molar refractivity (Wildman–Crippen MR) is 94.6 cm³/mol. The Hall–Kier alpha value is -1.95. The molecule has 0 fully saturated rings. The van der Waals surface area contributed by atoms with Crippen molar-refractivity contribution in [2.45, 2.75) is 13.5 Å². The van der Waals surface area contributed by atoms with Crippen LogP contribution in [0, 0.1) is 6.92 Å². The van der Waals surface area contributed by atoms with Crippen molar-refractivity contribution >= 4 is 36.3 Å². The monoisotopic (exact) mass is 356 g/mol. The minimum absolute atomic E-state index is 0. The molecule has 1 aromatic carbocycles. The Morgan fingerprint density at radius 2 is 2.17 bits per heavy atom. The third-order valence-corrected chi connectivity index (χ3v) is 3.33. The van der Waals surface area contributed by atoms with Crippen molar-refractivity contribution in [2.75, 3.05) is 6.61 Å². The number of hydrazone groups is 1. The van der Waals surface area contributed by atoms with Gasteiger partial charge in [0.2, 0.25) is 0 Å². The number of halogens is 2. The van der Waals surface area contributed by atoms with Crippen molar-refractivity contribution in [3.63, 3.8) is 0 Å². The van der Waals surface area contributed by atoms with Crippen molar-refractivity contribution in [1.29, 1.82) is 0 Å². The topological polar surface area (TPSA) is 78.3 Å². The summed E-state index contributed by atoms with van der Waals surface area (Å²) in [6, 6.07) is 7.55. The molecule has 1 aliphatic heterocycles. The van der Waals surface area contributed by atoms with E-state index in [1.54, 1.807) is 12.5 Å². The molecule has 0 spiro atoms. The van der Waals surface area contributed by atoms with Gasteiger partial charge in [-0.2, -0.15) is 5.10 Å². The second-order valence-corrected chi connectivity index (χ2v) is 5.29. The lowest BCUT2D eigenvalue weighted by Crippen LogP contribution is -2.10. The van der Waals surface area contributed by atoms with Crippen LogP contribution in [-0.2, 0) is 6.54 Å². The molecule has 0 unspecified atom stereocenters. The van der Waals surface area contributed by atoms with Crippen LogP contribution >= 0.6 is 24.0 Å². The fourth-order valence-corrected chi connectivity index (χ4v) is 2.28. The molecule has 23 heavy (non-hydrogen) atoms. The number of aryl methyl sites for hydroxylation is 1. The Kier molecular flexibility index (Phi) is 7.16. The zero-order chi connectivity index (χ0) is 14.7. The van der Waals surface area contributed by atoms with Gasteiger partial charge in [0.15, 0.2) is 0 Å². The molecule has 7 heteroatoms. The molecule has 0 amide bonds. The summed E-state index contributed by atoms with van der Waals surface area (Å²) in [6.07, 6.45) is 5.51. The average molecular weight is 357 g/mol. The van der Waals surface area contributed by atoms with Crippen LogP contribution < -0.4 is 10.2 Å². The van der Waals surface area contributed by atoms with E-state index < -0.39 is 0 Å². The molecule has 5 nitrogen and oxygen atoms in total. The third kappa shape index (κ3) is 5.03. The van der Waals surface area contributed by atoms with E-state index in [0.717, 1.165) is 28.2 Å². The standard InChI is InChI=1S/C16H15ClN2O2.ClH.H2O/c1-11-4-12(9-20-11)7-18-19-8-13-5-14-6-15(17)2-3-16(14)21-10-13;;/h2-6,8-9,18H,7,10H2,1H3;1H;1H2/b19-8+;;. The molecule has 0 atom stereocenters. The summed E-state index contributed by atoms with van der Waals surface area (Å²) in [4.78, 5) is 0. The first-order valence-corrected chi connectivity index (χ1v) is 7.01. The SMILES string of the molecule is Cc1cc(CN/N=C/C2=Cc3cc(Cl)ccc3OC2)co1.Cl.O. The predicted octanol–water partition coefficient (Wildman–Crippen LogP) is 3.39. The maximum atomic E-state index is 5.98. The van der Waals surface area contributed by atoms with E-state index in [0.29, 0.717) is 18.2 Å². The first-order valence-electron chi connectivity index (χ1n) is 6.63. The summed E-state index contributed by atoms with van der Waals surface area (Å²) >= 11 is 5.98. The van der Waals surface area contributed by atoms with Gasteiger partial charge in [0.1, 0.15) is 18.1 Å². The Bertz CT molecular complexity index is 711. The van der Waals surface area contributed by atoms with E-state index in [-0.39, 0.29) is 17.9 Å². The van der Waals surface area contributed by atoms with Gasteiger partial charge in [-0.05, 0) is 37.3 Å². The lowest BCUT2D eigenvalue weighted by molar-refractivity contribution is 0.353. The van der Waals surface area contributed by atoms with Crippen LogP contribution in [0.15, 0.2) is 45.6 Å². The van der Waals surface area contributed by atoms with Crippen molar-refractivity contribution in [2.24, 2.45) is 5.10 Å². The Labute approximate surface area is 145 Å². The highest BCUT2D eigenvalue weighted by Gasteiger charge is 2.10. The molecule has 0 saturated heterocycles. The smallest absolute Gasteiger partial charge is 0.127 e. The third-order valence-electron chi connectivity index (χ3n) is 3.10. The van der Waals surface area contributed by atoms with Gasteiger partial charge in [0, 0.05) is 21.7 Å². The maximum Gasteiger partial charge on any atom is 0.127 e. The molecule has 124 valence electrons. The highest BCUT2D eigenvalue weighted by molar-refractivity contribution is 6.30. The maximum absolute atomic E-state index is 5.98. The van der Waals surface area contributed by atoms with Gasteiger partial charge in [-0.15, -0.1) is 12.4 Å². The van der Waals surface area contributed by atoms with Gasteiger partial charge in [-0.3, -0.25) is 0 Å². The quantitative estimate of drug-likeness (QED) is 0.673. The fourth-order valence-electron chi connectivity index (χ4n) is 2.10. The highest BCUT2D eigenvalue weighted by Crippen LogP contribution is 2.28. The number of ether oxygens (including phenoxy) is 1. The van der Waals surface area contributed by atoms with Crippen LogP contribution in [0.5, 0.6) is 5.75 Å². The largest absolute Gasteiger partial charge is 0.488 e. The Morgan fingerprint density at radius 3 is 2.91 bits per heavy atom. The highest BCUT2D eigenvalue weighted by atomic mass is 35.5. The lowest BCUT2D eigenvalue weighted by Gasteiger charge is -2.15. The van der Waals surface area contributed by atoms with E-state index in [9.17, 15) is 0 Å². The number of fused-ring (bicyclic) bond motifs is 1. The summed E-state index contributed by atoms with van der Waals surface area (Å²) in [6.45, 7) is 3.05. The van der Waals surface area contributed by atoms with Crippen LogP contribution in [-0.4, -0.2) is 18.3 Å². The summed E-state index contributed by atoms with van der Waals surface area (Å²) in [7, 11) is 0. The summed E-state index contributed by atoms with van der Waals surface area (Å²) in [5.41, 5.74) is 6.01. The molecule has 3 N–H and O–H groups in total. The molecule has 0 saturated carbocycles. The number of benzene rings is 1. The van der Waals surface area contributed by atoms with Crippen molar-refractivity contribution in [3.8, 4) is 5.75 Å². The minimum Gasteiger partial charge on any atom is -0.488 e. The number of rotatable bonds is 4. The normalized spacial score (nSPS) is 12.5. The number of furan rings is 1. The average Bonchev–Trinajstić information content (AvgIpc) is 2.89. The molecule has 2 aromatic rings. The van der Waals surface area contributed by atoms with Crippen LogP contribution in [0.4, 0.5) is 0 Å². The van der Waals surface area contributed by atoms with Crippen molar-refractivity contribution < 1.29 is 14.6 Å². The fraction of sp³-hybridized carbons (Fsp3) is 0.188. The summed E-state index contributed by atoms with van der Waals surface area (Å²) in [5, 5.41) is 4.89. The van der Waals surface area contributed by atoms with Gasteiger partial charge in [0.05, 0.1) is 19.0 Å². The van der Waals surface area contributed by atoms with Crippen LogP contribution in [0.1, 0.15) is 16.9 Å². The minimum atomic E-state index is 0. The Balaban J connectivity index is 0.00000132. The number of hydrogen-bond donors (Lipinski definition) is 1. The molecule has 0 radical (unpaired) electrons. The number of nitrogens with one attached hydrogen (secondary N) is 1. The molecule has 1 aromatic heterocycles. The van der Waals surface area contributed by atoms with E-state index in [1.165, 1.54) is 0 Å². The van der Waals surface area contributed by atoms with Crippen molar-refractivity contribution in [1.82, 2.24) is 5.43 Å². The second-order valence-electron chi connectivity index (χ2n) is 4.85. The molecule has 2 heterocycles. The number of nitrogens with zero attached hydrogens (tertiary/aromatic N) is 1. The van der Waals surface area contributed by atoms with Gasteiger partial charge in [-0.1, -0.05) is 11.6 Å². The van der Waals surface area contributed by atoms with Crippen LogP contribution in [0.25, 0.3) is 6.08 Å². The van der Waals surface area contributed by atoms with E-state index in [1.807, 2.05) is 37.3 Å². The molecule has 3 rings (SSSR count). The zero-order valence-corrected chi connectivity index (χ0v) is 14.1. The molecular weight excluding hydrogens is 339 g/mol. The molecule has 0 bridgehead atoms.